The van der Waals surface area contributed by atoms with Crippen molar-refractivity contribution in [3.8, 4) is 0 Å². The first-order valence-corrected chi connectivity index (χ1v) is 8.37. The van der Waals surface area contributed by atoms with E-state index in [1.54, 1.807) is 0 Å². The Morgan fingerprint density at radius 1 is 1.22 bits per heavy atom. The molecule has 0 atom stereocenters. The van der Waals surface area contributed by atoms with Crippen molar-refractivity contribution in [2.75, 3.05) is 39.4 Å². The molecule has 0 saturated carbocycles. The van der Waals surface area contributed by atoms with Crippen LogP contribution in [0.4, 0.5) is 0 Å². The average molecular weight is 365 g/mol. The van der Waals surface area contributed by atoms with Crippen molar-refractivity contribution >= 4 is 69.5 Å². The van der Waals surface area contributed by atoms with Crippen LogP contribution in [-0.2, 0) is 22.6 Å². The third-order valence-corrected chi connectivity index (χ3v) is 4.61. The Kier molecular flexibility index (Phi) is 8.36. The molecule has 1 aromatic heterocycles. The molecule has 9 heteroatoms. The fourth-order valence-electron chi connectivity index (χ4n) is 3.02. The van der Waals surface area contributed by atoms with E-state index >= 15 is 0 Å². The van der Waals surface area contributed by atoms with Gasteiger partial charge in [0.25, 0.3) is 0 Å². The van der Waals surface area contributed by atoms with Crippen LogP contribution in [0.15, 0.2) is 0 Å². The number of nitrogens with zero attached hydrogens (tertiary/aromatic N) is 4. The van der Waals surface area contributed by atoms with Gasteiger partial charge in [-0.15, -0.1) is 0 Å². The topological polar surface area (TPSA) is 66.4 Å². The third kappa shape index (κ3) is 5.43. The summed E-state index contributed by atoms with van der Waals surface area (Å²) in [5.41, 5.74) is 0. The van der Waals surface area contributed by atoms with Crippen molar-refractivity contribution in [2.24, 2.45) is 0 Å². The Labute approximate surface area is 184 Å². The fraction of sp³-hybridized carbons (Fsp3) is 0.786. The maximum atomic E-state index is 11.8. The van der Waals surface area contributed by atoms with E-state index in [-0.39, 0.29) is 57.3 Å². The molecule has 2 saturated heterocycles. The smallest absolute Gasteiger partial charge is 0.223 e. The molecule has 123 valence electrons. The Balaban J connectivity index is 0.00000192. The van der Waals surface area contributed by atoms with Crippen LogP contribution < -0.4 is 0 Å². The molecular weight excluding hydrogens is 341 g/mol. The van der Waals surface area contributed by atoms with Crippen LogP contribution in [0.5, 0.6) is 0 Å². The van der Waals surface area contributed by atoms with Crippen LogP contribution in [0.1, 0.15) is 25.1 Å². The number of morpholine rings is 1. The molecule has 2 aliphatic heterocycles. The normalized spacial score (nSPS) is 19.1. The van der Waals surface area contributed by atoms with Crippen LogP contribution in [-0.4, -0.2) is 121 Å². The number of likely N-dealkylation sites (tertiary alicyclic amines) is 1. The average Bonchev–Trinajstić information content (AvgIpc) is 3.09. The van der Waals surface area contributed by atoms with E-state index in [4.69, 9.17) is 17.0 Å². The molecule has 0 aliphatic carbocycles. The Morgan fingerprint density at radius 2 is 2.00 bits per heavy atom. The molecular formula is C14H23KN5O2S. The molecule has 2 aliphatic rings. The molecule has 0 spiro atoms. The Hall–Kier alpha value is 0.386. The van der Waals surface area contributed by atoms with Gasteiger partial charge in [0.15, 0.2) is 10.6 Å². The van der Waals surface area contributed by atoms with Crippen molar-refractivity contribution in [1.82, 2.24) is 24.6 Å². The predicted molar refractivity (Wildman–Crippen MR) is 89.7 cm³/mol. The molecule has 1 amide bonds. The second kappa shape index (κ2) is 9.76. The monoisotopic (exact) mass is 364 g/mol. The van der Waals surface area contributed by atoms with Crippen molar-refractivity contribution in [2.45, 2.75) is 32.4 Å². The number of amides is 1. The summed E-state index contributed by atoms with van der Waals surface area (Å²) in [6.07, 6.45) is 2.62. The first kappa shape index (κ1) is 19.7. The summed E-state index contributed by atoms with van der Waals surface area (Å²) in [6, 6.07) is 0. The number of H-pyrrole nitrogens is 1. The number of hydrogen-bond donors (Lipinski definition) is 1. The zero-order valence-electron chi connectivity index (χ0n) is 13.8. The summed E-state index contributed by atoms with van der Waals surface area (Å²) < 4.78 is 8.03. The first-order valence-electron chi connectivity index (χ1n) is 7.96. The summed E-state index contributed by atoms with van der Waals surface area (Å²) in [4.78, 5) is 16.0. The minimum atomic E-state index is 0. The number of hydrogen-bond acceptors (Lipinski definition) is 5. The van der Waals surface area contributed by atoms with E-state index in [0.717, 1.165) is 64.6 Å². The number of rotatable bonds is 6. The molecule has 7 nitrogen and oxygen atoms in total. The van der Waals surface area contributed by atoms with E-state index < -0.39 is 0 Å². The summed E-state index contributed by atoms with van der Waals surface area (Å²) in [5.74, 6) is 1.08. The molecule has 0 unspecified atom stereocenters. The molecule has 2 fully saturated rings. The van der Waals surface area contributed by atoms with Crippen molar-refractivity contribution in [3.05, 3.63) is 10.6 Å². The van der Waals surface area contributed by atoms with Crippen molar-refractivity contribution < 1.29 is 9.53 Å². The largest absolute Gasteiger partial charge is 0.379 e. The van der Waals surface area contributed by atoms with Crippen molar-refractivity contribution in [1.29, 1.82) is 0 Å². The maximum absolute atomic E-state index is 11.8. The second-order valence-electron chi connectivity index (χ2n) is 5.82. The van der Waals surface area contributed by atoms with Gasteiger partial charge in [0.1, 0.15) is 0 Å². The summed E-state index contributed by atoms with van der Waals surface area (Å²) in [5, 5.41) is 7.16. The van der Waals surface area contributed by atoms with Crippen LogP contribution >= 0.6 is 12.2 Å². The second-order valence-corrected chi connectivity index (χ2v) is 6.21. The zero-order valence-corrected chi connectivity index (χ0v) is 17.7. The molecule has 0 bridgehead atoms. The minimum absolute atomic E-state index is 0. The Bertz CT molecular complexity index is 570. The van der Waals surface area contributed by atoms with Crippen LogP contribution in [0.3, 0.4) is 0 Å². The van der Waals surface area contributed by atoms with Crippen LogP contribution in [0.25, 0.3) is 0 Å². The van der Waals surface area contributed by atoms with Gasteiger partial charge >= 0.3 is 0 Å². The summed E-state index contributed by atoms with van der Waals surface area (Å²) in [6.45, 7) is 6.93. The number of nitrogens with one attached hydrogen (secondary N) is 1. The molecule has 23 heavy (non-hydrogen) atoms. The Morgan fingerprint density at radius 3 is 2.70 bits per heavy atom. The predicted octanol–water partition coefficient (Wildman–Crippen LogP) is 0.405. The van der Waals surface area contributed by atoms with E-state index in [1.807, 2.05) is 9.47 Å². The van der Waals surface area contributed by atoms with Crippen molar-refractivity contribution in [3.63, 3.8) is 0 Å². The summed E-state index contributed by atoms with van der Waals surface area (Å²) >= 11 is 5.32. The van der Waals surface area contributed by atoms with E-state index in [9.17, 15) is 4.79 Å². The van der Waals surface area contributed by atoms with E-state index in [1.165, 1.54) is 0 Å². The molecule has 1 aromatic rings. The molecule has 0 aromatic carbocycles. The van der Waals surface area contributed by atoms with Gasteiger partial charge in [0, 0.05) is 90.5 Å². The van der Waals surface area contributed by atoms with Crippen LogP contribution in [0, 0.1) is 4.77 Å². The minimum Gasteiger partial charge on any atom is -0.379 e. The number of ether oxygens (including phenoxy) is 1. The molecule has 3 heterocycles. The van der Waals surface area contributed by atoms with Gasteiger partial charge in [-0.05, 0) is 25.1 Å². The van der Waals surface area contributed by atoms with E-state index in [2.05, 4.69) is 15.1 Å². The molecule has 1 radical (unpaired) electrons. The van der Waals surface area contributed by atoms with E-state index in [0.29, 0.717) is 17.7 Å². The van der Waals surface area contributed by atoms with Gasteiger partial charge < -0.3 is 14.2 Å². The number of carbonyl (C=O) groups excluding carboxylic acids is 1. The third-order valence-electron chi connectivity index (χ3n) is 4.30. The van der Waals surface area contributed by atoms with Gasteiger partial charge in [-0.25, -0.2) is 0 Å². The molecule has 1 N–H and O–H groups in total. The van der Waals surface area contributed by atoms with Gasteiger partial charge in [-0.2, -0.15) is 5.10 Å². The molecule has 3 rings (SSSR count). The quantitative estimate of drug-likeness (QED) is 0.585. The van der Waals surface area contributed by atoms with Gasteiger partial charge in [0.05, 0.1) is 19.8 Å². The van der Waals surface area contributed by atoms with Gasteiger partial charge in [-0.1, -0.05) is 0 Å². The standard InChI is InChI=1S/C14H23N5O2S.K/c20-13-3-1-5-18(13)11-12-15-16-14(22)19(12)6-2-4-17-7-9-21-10-8-17;/h1-11H2,(H,16,22);. The number of carbonyl (C=O) groups is 1. The maximum Gasteiger partial charge on any atom is 0.223 e. The SMILES string of the molecule is O=C1CCCN1Cc1n[nH]c(=S)n1CCCN1CCOCC1.[K]. The number of aromatic amines is 1. The van der Waals surface area contributed by atoms with Crippen LogP contribution in [0.2, 0.25) is 0 Å². The zero-order chi connectivity index (χ0) is 15.4. The number of aromatic nitrogens is 3. The fourth-order valence-corrected chi connectivity index (χ4v) is 3.26. The first-order chi connectivity index (χ1) is 10.7. The van der Waals surface area contributed by atoms with Gasteiger partial charge in [-0.3, -0.25) is 14.8 Å². The summed E-state index contributed by atoms with van der Waals surface area (Å²) in [7, 11) is 0. The van der Waals surface area contributed by atoms with Gasteiger partial charge in [0.2, 0.25) is 5.91 Å².